The minimum Gasteiger partial charge on any atom is -0.306 e. The van der Waals surface area contributed by atoms with Crippen LogP contribution in [0.15, 0.2) is 29.1 Å². The Morgan fingerprint density at radius 2 is 1.90 bits per heavy atom. The SMILES string of the molecule is CCc1nc(-c2ccccc2C(F)(F)F)[nH]c(=O)c1C. The first-order valence-electron chi connectivity index (χ1n) is 6.11. The van der Waals surface area contributed by atoms with Crippen LogP contribution in [0.25, 0.3) is 11.4 Å². The zero-order chi connectivity index (χ0) is 14.9. The molecule has 0 atom stereocenters. The number of nitrogens with zero attached hydrogens (tertiary/aromatic N) is 1. The molecule has 1 aromatic heterocycles. The Labute approximate surface area is 113 Å². The van der Waals surface area contributed by atoms with Crippen LogP contribution in [-0.4, -0.2) is 9.97 Å². The van der Waals surface area contributed by atoms with Crippen LogP contribution in [0.3, 0.4) is 0 Å². The molecule has 0 saturated carbocycles. The molecule has 0 fully saturated rings. The van der Waals surface area contributed by atoms with Crippen molar-refractivity contribution >= 4 is 0 Å². The van der Waals surface area contributed by atoms with Crippen LogP contribution in [0.2, 0.25) is 0 Å². The minimum absolute atomic E-state index is 0.0506. The summed E-state index contributed by atoms with van der Waals surface area (Å²) in [5.74, 6) is -0.0506. The number of halogens is 3. The zero-order valence-corrected chi connectivity index (χ0v) is 11.0. The molecule has 2 rings (SSSR count). The van der Waals surface area contributed by atoms with Crippen molar-refractivity contribution in [2.75, 3.05) is 0 Å². The van der Waals surface area contributed by atoms with Gasteiger partial charge in [-0.05, 0) is 19.4 Å². The normalized spacial score (nSPS) is 11.7. The highest BCUT2D eigenvalue weighted by Gasteiger charge is 2.34. The van der Waals surface area contributed by atoms with Crippen molar-refractivity contribution in [3.8, 4) is 11.4 Å². The van der Waals surface area contributed by atoms with Crippen LogP contribution in [0.1, 0.15) is 23.7 Å². The zero-order valence-electron chi connectivity index (χ0n) is 11.0. The smallest absolute Gasteiger partial charge is 0.306 e. The number of alkyl halides is 3. The summed E-state index contributed by atoms with van der Waals surface area (Å²) in [6, 6.07) is 5.06. The molecule has 0 radical (unpaired) electrons. The number of H-pyrrole nitrogens is 1. The molecule has 0 aliphatic rings. The third kappa shape index (κ3) is 2.59. The van der Waals surface area contributed by atoms with Crippen LogP contribution < -0.4 is 5.56 Å². The van der Waals surface area contributed by atoms with Gasteiger partial charge in [0.2, 0.25) is 0 Å². The van der Waals surface area contributed by atoms with Crippen LogP contribution >= 0.6 is 0 Å². The van der Waals surface area contributed by atoms with E-state index in [0.717, 1.165) is 6.07 Å². The Bertz CT molecular complexity index is 690. The summed E-state index contributed by atoms with van der Waals surface area (Å²) >= 11 is 0. The lowest BCUT2D eigenvalue weighted by Gasteiger charge is -2.13. The van der Waals surface area contributed by atoms with Crippen LogP contribution in [0, 0.1) is 6.92 Å². The topological polar surface area (TPSA) is 45.8 Å². The first-order valence-corrected chi connectivity index (χ1v) is 6.11. The van der Waals surface area contributed by atoms with Gasteiger partial charge in [-0.25, -0.2) is 4.98 Å². The maximum absolute atomic E-state index is 13.0. The molecule has 2 aromatic rings. The van der Waals surface area contributed by atoms with Crippen molar-refractivity contribution in [1.82, 2.24) is 9.97 Å². The molecule has 0 unspecified atom stereocenters. The second-order valence-electron chi connectivity index (χ2n) is 4.38. The van der Waals surface area contributed by atoms with Crippen molar-refractivity contribution in [2.24, 2.45) is 0 Å². The van der Waals surface area contributed by atoms with Crippen LogP contribution in [-0.2, 0) is 12.6 Å². The number of hydrogen-bond acceptors (Lipinski definition) is 2. The second-order valence-corrected chi connectivity index (χ2v) is 4.38. The number of aromatic amines is 1. The van der Waals surface area contributed by atoms with E-state index in [1.54, 1.807) is 13.8 Å². The predicted molar refractivity (Wildman–Crippen MR) is 69.4 cm³/mol. The third-order valence-electron chi connectivity index (χ3n) is 3.07. The number of aryl methyl sites for hydroxylation is 1. The van der Waals surface area contributed by atoms with E-state index in [0.29, 0.717) is 17.7 Å². The molecule has 1 heterocycles. The molecule has 20 heavy (non-hydrogen) atoms. The van der Waals surface area contributed by atoms with Crippen molar-refractivity contribution in [2.45, 2.75) is 26.4 Å². The molecule has 3 nitrogen and oxygen atoms in total. The molecule has 6 heteroatoms. The molecule has 1 N–H and O–H groups in total. The van der Waals surface area contributed by atoms with E-state index in [1.165, 1.54) is 18.2 Å². The summed E-state index contributed by atoms with van der Waals surface area (Å²) in [5.41, 5.74) is -0.411. The molecular formula is C14H13F3N2O. The average molecular weight is 282 g/mol. The molecule has 0 aliphatic carbocycles. The molecule has 0 bridgehead atoms. The molecule has 0 saturated heterocycles. The standard InChI is InChI=1S/C14H13F3N2O/c1-3-11-8(2)13(20)19-12(18-11)9-6-4-5-7-10(9)14(15,16)17/h4-7H,3H2,1-2H3,(H,18,19,20). The van der Waals surface area contributed by atoms with Crippen molar-refractivity contribution in [3.05, 3.63) is 51.4 Å². The summed E-state index contributed by atoms with van der Waals surface area (Å²) in [5, 5.41) is 0. The predicted octanol–water partition coefficient (Wildman–Crippen LogP) is 3.33. The highest BCUT2D eigenvalue weighted by Crippen LogP contribution is 2.35. The van der Waals surface area contributed by atoms with E-state index in [1.807, 2.05) is 0 Å². The van der Waals surface area contributed by atoms with Crippen molar-refractivity contribution in [3.63, 3.8) is 0 Å². The van der Waals surface area contributed by atoms with Gasteiger partial charge in [0.15, 0.2) is 0 Å². The fourth-order valence-corrected chi connectivity index (χ4v) is 1.99. The van der Waals surface area contributed by atoms with Gasteiger partial charge < -0.3 is 4.98 Å². The van der Waals surface area contributed by atoms with E-state index >= 15 is 0 Å². The summed E-state index contributed by atoms with van der Waals surface area (Å²) in [6.07, 6.45) is -4.01. The first-order chi connectivity index (χ1) is 9.34. The van der Waals surface area contributed by atoms with E-state index in [-0.39, 0.29) is 11.4 Å². The lowest BCUT2D eigenvalue weighted by Crippen LogP contribution is -2.17. The maximum atomic E-state index is 13.0. The Morgan fingerprint density at radius 3 is 2.50 bits per heavy atom. The molecule has 0 amide bonds. The summed E-state index contributed by atoms with van der Waals surface area (Å²) in [4.78, 5) is 18.3. The van der Waals surface area contributed by atoms with Crippen molar-refractivity contribution in [1.29, 1.82) is 0 Å². The van der Waals surface area contributed by atoms with Gasteiger partial charge in [0.1, 0.15) is 5.82 Å². The lowest BCUT2D eigenvalue weighted by atomic mass is 10.1. The molecule has 106 valence electrons. The minimum atomic E-state index is -4.49. The van der Waals surface area contributed by atoms with E-state index in [2.05, 4.69) is 9.97 Å². The average Bonchev–Trinajstić information content (AvgIpc) is 2.40. The van der Waals surface area contributed by atoms with E-state index in [4.69, 9.17) is 0 Å². The Hall–Kier alpha value is -2.11. The molecule has 0 spiro atoms. The van der Waals surface area contributed by atoms with Gasteiger partial charge in [0.05, 0.1) is 11.3 Å². The quantitative estimate of drug-likeness (QED) is 0.918. The number of hydrogen-bond donors (Lipinski definition) is 1. The summed E-state index contributed by atoms with van der Waals surface area (Å²) in [7, 11) is 0. The van der Waals surface area contributed by atoms with E-state index in [9.17, 15) is 18.0 Å². The van der Waals surface area contributed by atoms with Crippen LogP contribution in [0.4, 0.5) is 13.2 Å². The van der Waals surface area contributed by atoms with Crippen molar-refractivity contribution < 1.29 is 13.2 Å². The largest absolute Gasteiger partial charge is 0.417 e. The Morgan fingerprint density at radius 1 is 1.25 bits per heavy atom. The van der Waals surface area contributed by atoms with Gasteiger partial charge in [-0.2, -0.15) is 13.2 Å². The molecule has 0 aliphatic heterocycles. The van der Waals surface area contributed by atoms with E-state index < -0.39 is 17.3 Å². The Kier molecular flexibility index (Phi) is 3.65. The lowest BCUT2D eigenvalue weighted by molar-refractivity contribution is -0.137. The van der Waals surface area contributed by atoms with Gasteiger partial charge in [-0.1, -0.05) is 25.1 Å². The fraction of sp³-hybridized carbons (Fsp3) is 0.286. The van der Waals surface area contributed by atoms with Gasteiger partial charge in [0, 0.05) is 11.1 Å². The molecular weight excluding hydrogens is 269 g/mol. The third-order valence-corrected chi connectivity index (χ3v) is 3.07. The Balaban J connectivity index is 2.70. The highest BCUT2D eigenvalue weighted by molar-refractivity contribution is 5.61. The highest BCUT2D eigenvalue weighted by atomic mass is 19.4. The number of benzene rings is 1. The van der Waals surface area contributed by atoms with Gasteiger partial charge >= 0.3 is 6.18 Å². The van der Waals surface area contributed by atoms with Crippen LogP contribution in [0.5, 0.6) is 0 Å². The molecule has 1 aromatic carbocycles. The van der Waals surface area contributed by atoms with Gasteiger partial charge in [-0.3, -0.25) is 4.79 Å². The number of nitrogens with one attached hydrogen (secondary N) is 1. The number of aromatic nitrogens is 2. The fourth-order valence-electron chi connectivity index (χ4n) is 1.99. The monoisotopic (exact) mass is 282 g/mol. The maximum Gasteiger partial charge on any atom is 0.417 e. The summed E-state index contributed by atoms with van der Waals surface area (Å²) < 4.78 is 38.9. The van der Waals surface area contributed by atoms with Gasteiger partial charge in [-0.15, -0.1) is 0 Å². The first kappa shape index (κ1) is 14.3. The summed E-state index contributed by atoms with van der Waals surface area (Å²) in [6.45, 7) is 3.40. The van der Waals surface area contributed by atoms with Gasteiger partial charge in [0.25, 0.3) is 5.56 Å². The number of rotatable bonds is 2. The second kappa shape index (κ2) is 5.11.